The van der Waals surface area contributed by atoms with Gasteiger partial charge < -0.3 is 20.4 Å². The summed E-state index contributed by atoms with van der Waals surface area (Å²) in [5.74, 6) is 0. The third-order valence-electron chi connectivity index (χ3n) is 10.7. The molecule has 0 aliphatic carbocycles. The molecule has 51 heavy (non-hydrogen) atoms. The van der Waals surface area contributed by atoms with Gasteiger partial charge in [-0.05, 0) is 91.1 Å². The SMILES string of the molecule is Cc1ccc(C(O)(c2ccc(C)cc2-c2c(C(C)(C)C)cccc2C(C)(C)C)C(CO)(CO)CO)c(-c2c(C(C)(C)C)cccc2C(C)(C)C)c1. The van der Waals surface area contributed by atoms with Gasteiger partial charge in [0.2, 0.25) is 0 Å². The van der Waals surface area contributed by atoms with Crippen molar-refractivity contribution in [3.05, 3.63) is 117 Å². The van der Waals surface area contributed by atoms with Gasteiger partial charge in [-0.3, -0.25) is 0 Å². The highest BCUT2D eigenvalue weighted by Gasteiger charge is 2.54. The Morgan fingerprint density at radius 2 is 0.686 bits per heavy atom. The molecule has 0 heterocycles. The van der Waals surface area contributed by atoms with Crippen LogP contribution in [-0.2, 0) is 27.3 Å². The van der Waals surface area contributed by atoms with E-state index >= 15 is 0 Å². The van der Waals surface area contributed by atoms with Gasteiger partial charge in [-0.1, -0.05) is 167 Å². The van der Waals surface area contributed by atoms with Crippen molar-refractivity contribution < 1.29 is 20.4 Å². The van der Waals surface area contributed by atoms with Crippen molar-refractivity contribution in [3.63, 3.8) is 0 Å². The van der Waals surface area contributed by atoms with Crippen LogP contribution in [0.5, 0.6) is 0 Å². The van der Waals surface area contributed by atoms with E-state index in [0.29, 0.717) is 11.1 Å². The van der Waals surface area contributed by atoms with Gasteiger partial charge in [-0.2, -0.15) is 0 Å². The molecule has 0 aliphatic heterocycles. The van der Waals surface area contributed by atoms with Gasteiger partial charge >= 0.3 is 0 Å². The summed E-state index contributed by atoms with van der Waals surface area (Å²) < 4.78 is 0. The Hall–Kier alpha value is -3.28. The lowest BCUT2D eigenvalue weighted by Crippen LogP contribution is -2.54. The van der Waals surface area contributed by atoms with Crippen LogP contribution in [-0.4, -0.2) is 40.2 Å². The summed E-state index contributed by atoms with van der Waals surface area (Å²) in [7, 11) is 0. The van der Waals surface area contributed by atoms with E-state index in [2.05, 4.69) is 132 Å². The molecule has 0 amide bonds. The number of hydrogen-bond donors (Lipinski definition) is 4. The van der Waals surface area contributed by atoms with Crippen LogP contribution >= 0.6 is 0 Å². The fourth-order valence-corrected chi connectivity index (χ4v) is 7.76. The van der Waals surface area contributed by atoms with Gasteiger partial charge in [0.25, 0.3) is 0 Å². The standard InChI is InChI=1S/C47H64O4/c1-30-21-23-34(32(25-30)40-36(42(3,4)5)17-15-18-37(40)43(6,7)8)47(51,46(27-48,28-49)29-50)35-24-22-31(2)26-33(35)41-38(44(9,10)11)19-16-20-39(41)45(12,13)14/h15-26,48-51H,27-29H2,1-14H3. The predicted molar refractivity (Wildman–Crippen MR) is 215 cm³/mol. The minimum atomic E-state index is -2.06. The summed E-state index contributed by atoms with van der Waals surface area (Å²) in [4.78, 5) is 0. The molecule has 4 aromatic carbocycles. The van der Waals surface area contributed by atoms with Crippen LogP contribution in [0.15, 0.2) is 72.8 Å². The van der Waals surface area contributed by atoms with Crippen LogP contribution in [0.3, 0.4) is 0 Å². The van der Waals surface area contributed by atoms with Crippen molar-refractivity contribution in [1.29, 1.82) is 0 Å². The molecule has 0 aliphatic rings. The zero-order chi connectivity index (χ0) is 38.5. The lowest BCUT2D eigenvalue weighted by atomic mass is 9.61. The lowest BCUT2D eigenvalue weighted by Gasteiger charge is -2.47. The molecule has 4 nitrogen and oxygen atoms in total. The largest absolute Gasteiger partial charge is 0.395 e. The maximum atomic E-state index is 14.0. The van der Waals surface area contributed by atoms with E-state index in [-0.39, 0.29) is 21.7 Å². The second kappa shape index (κ2) is 13.9. The Bertz CT molecular complexity index is 1670. The first-order chi connectivity index (χ1) is 23.4. The number of rotatable bonds is 8. The maximum Gasteiger partial charge on any atom is 0.128 e. The molecule has 4 aromatic rings. The monoisotopic (exact) mass is 692 g/mol. The second-order valence-corrected chi connectivity index (χ2v) is 19.0. The van der Waals surface area contributed by atoms with Crippen molar-refractivity contribution in [3.8, 4) is 22.3 Å². The Labute approximate surface area is 308 Å². The quantitative estimate of drug-likeness (QED) is 0.148. The Morgan fingerprint density at radius 1 is 0.412 bits per heavy atom. The van der Waals surface area contributed by atoms with Gasteiger partial charge in [0.1, 0.15) is 5.60 Å². The van der Waals surface area contributed by atoms with E-state index in [1.807, 2.05) is 38.1 Å². The van der Waals surface area contributed by atoms with Crippen LogP contribution in [0.1, 0.15) is 128 Å². The fraction of sp³-hybridized carbons (Fsp3) is 0.489. The minimum absolute atomic E-state index is 0.250. The molecule has 4 N–H and O–H groups in total. The lowest BCUT2D eigenvalue weighted by molar-refractivity contribution is -0.135. The van der Waals surface area contributed by atoms with Crippen LogP contribution in [0.25, 0.3) is 22.3 Å². The Kier molecular flexibility index (Phi) is 11.1. The van der Waals surface area contributed by atoms with Crippen LogP contribution in [0, 0.1) is 19.3 Å². The number of aliphatic hydroxyl groups excluding tert-OH is 3. The number of hydrogen-bond acceptors (Lipinski definition) is 4. The minimum Gasteiger partial charge on any atom is -0.395 e. The normalized spacial score (nSPS) is 13.5. The highest BCUT2D eigenvalue weighted by Crippen LogP contribution is 2.54. The molecule has 4 rings (SSSR count). The zero-order valence-corrected chi connectivity index (χ0v) is 33.8. The molecule has 0 fully saturated rings. The smallest absolute Gasteiger partial charge is 0.128 e. The summed E-state index contributed by atoms with van der Waals surface area (Å²) in [5, 5.41) is 48.0. The third kappa shape index (κ3) is 7.35. The molecule has 0 radical (unpaired) electrons. The number of aryl methyl sites for hydroxylation is 2. The Balaban J connectivity index is 2.37. The van der Waals surface area contributed by atoms with E-state index in [1.54, 1.807) is 0 Å². The van der Waals surface area contributed by atoms with E-state index in [0.717, 1.165) is 55.6 Å². The zero-order valence-electron chi connectivity index (χ0n) is 33.8. The first kappa shape index (κ1) is 40.5. The highest BCUT2D eigenvalue weighted by molar-refractivity contribution is 5.82. The molecule has 0 saturated heterocycles. The van der Waals surface area contributed by atoms with Crippen molar-refractivity contribution in [2.45, 2.75) is 124 Å². The van der Waals surface area contributed by atoms with Crippen LogP contribution < -0.4 is 0 Å². The summed E-state index contributed by atoms with van der Waals surface area (Å²) in [6.07, 6.45) is 0. The van der Waals surface area contributed by atoms with Gasteiger partial charge in [-0.25, -0.2) is 0 Å². The Morgan fingerprint density at radius 3 is 0.922 bits per heavy atom. The molecule has 0 spiro atoms. The number of benzene rings is 4. The highest BCUT2D eigenvalue weighted by atomic mass is 16.3. The van der Waals surface area contributed by atoms with Gasteiger partial charge in [-0.15, -0.1) is 0 Å². The van der Waals surface area contributed by atoms with Crippen molar-refractivity contribution in [2.75, 3.05) is 19.8 Å². The summed E-state index contributed by atoms with van der Waals surface area (Å²) >= 11 is 0. The van der Waals surface area contributed by atoms with Crippen LogP contribution in [0.2, 0.25) is 0 Å². The van der Waals surface area contributed by atoms with E-state index in [9.17, 15) is 20.4 Å². The van der Waals surface area contributed by atoms with Crippen molar-refractivity contribution in [1.82, 2.24) is 0 Å². The van der Waals surface area contributed by atoms with E-state index < -0.39 is 30.8 Å². The molecule has 0 saturated carbocycles. The first-order valence-electron chi connectivity index (χ1n) is 18.4. The maximum absolute atomic E-state index is 14.0. The molecule has 0 atom stereocenters. The molecule has 276 valence electrons. The molecule has 0 bridgehead atoms. The number of aliphatic hydroxyl groups is 4. The van der Waals surface area contributed by atoms with Gasteiger partial charge in [0, 0.05) is 0 Å². The van der Waals surface area contributed by atoms with Gasteiger partial charge in [0.15, 0.2) is 0 Å². The van der Waals surface area contributed by atoms with Crippen LogP contribution in [0.4, 0.5) is 0 Å². The average molecular weight is 693 g/mol. The van der Waals surface area contributed by atoms with E-state index in [1.165, 1.54) is 0 Å². The molecule has 4 heteroatoms. The van der Waals surface area contributed by atoms with Gasteiger partial charge in [0.05, 0.1) is 25.2 Å². The third-order valence-corrected chi connectivity index (χ3v) is 10.7. The topological polar surface area (TPSA) is 80.9 Å². The summed E-state index contributed by atoms with van der Waals surface area (Å²) in [5.41, 5.74) is 6.47. The molecular weight excluding hydrogens is 629 g/mol. The average Bonchev–Trinajstić information content (AvgIpc) is 3.03. The first-order valence-corrected chi connectivity index (χ1v) is 18.4. The molecule has 0 unspecified atom stereocenters. The van der Waals surface area contributed by atoms with E-state index in [4.69, 9.17) is 0 Å². The summed E-state index contributed by atoms with van der Waals surface area (Å²) in [6, 6.07) is 25.0. The molecular formula is C47H64O4. The van der Waals surface area contributed by atoms with Crippen molar-refractivity contribution >= 4 is 0 Å². The second-order valence-electron chi connectivity index (χ2n) is 19.0. The fourth-order valence-electron chi connectivity index (χ4n) is 7.76. The van der Waals surface area contributed by atoms with Crippen molar-refractivity contribution in [2.24, 2.45) is 5.41 Å². The predicted octanol–water partition coefficient (Wildman–Crippen LogP) is 10.0. The molecule has 0 aromatic heterocycles. The summed E-state index contributed by atoms with van der Waals surface area (Å²) in [6.45, 7) is 28.6.